The largest absolute Gasteiger partial charge is 0.436 e. The number of oxazole rings is 2. The molecule has 0 bridgehead atoms. The van der Waals surface area contributed by atoms with E-state index in [2.05, 4.69) is 329 Å². The van der Waals surface area contributed by atoms with Crippen LogP contribution < -0.4 is 0 Å². The van der Waals surface area contributed by atoms with Gasteiger partial charge in [0.25, 0.3) is 0 Å². The maximum atomic E-state index is 6.10. The number of hydrogen-bond acceptors (Lipinski definition) is 4. The van der Waals surface area contributed by atoms with Crippen LogP contribution in [0.2, 0.25) is 0 Å². The van der Waals surface area contributed by atoms with E-state index in [1.54, 1.807) is 0 Å². The van der Waals surface area contributed by atoms with Crippen LogP contribution in [0, 0.1) is 6.92 Å². The molecule has 7 heteroatoms. The highest BCUT2D eigenvalue weighted by atomic mass is 79.9. The molecule has 6 nitrogen and oxygen atoms in total. The molecule has 14 aromatic carbocycles. The number of nitrogens with zero attached hydrogens (tertiary/aromatic N) is 4. The summed E-state index contributed by atoms with van der Waals surface area (Å²) in [5.41, 5.74) is 27.7. The summed E-state index contributed by atoms with van der Waals surface area (Å²) < 4.78 is 17.9. The fourth-order valence-electron chi connectivity index (χ4n) is 13.6. The summed E-state index contributed by atoms with van der Waals surface area (Å²) in [4.78, 5) is 9.42. The molecule has 0 N–H and O–H groups in total. The molecule has 0 aliphatic carbocycles. The highest BCUT2D eigenvalue weighted by molar-refractivity contribution is 9.10. The van der Waals surface area contributed by atoms with Gasteiger partial charge in [-0.2, -0.15) is 0 Å². The Morgan fingerprint density at radius 2 is 0.543 bits per heavy atom. The van der Waals surface area contributed by atoms with Crippen LogP contribution in [0.25, 0.3) is 167 Å². The fraction of sp³-hybridized carbons (Fsp3) is 0.0115. The summed E-state index contributed by atoms with van der Waals surface area (Å²) in [6.07, 6.45) is 0. The Hall–Kier alpha value is -11.9. The maximum absolute atomic E-state index is 6.10. The van der Waals surface area contributed by atoms with Crippen LogP contribution >= 0.6 is 15.9 Å². The van der Waals surface area contributed by atoms with Crippen LogP contribution in [0.3, 0.4) is 0 Å². The van der Waals surface area contributed by atoms with E-state index in [1.807, 2.05) is 30.3 Å². The number of benzene rings is 14. The minimum absolute atomic E-state index is 0.618. The maximum Gasteiger partial charge on any atom is 0.227 e. The van der Waals surface area contributed by atoms with Crippen molar-refractivity contribution in [3.63, 3.8) is 0 Å². The first kappa shape index (κ1) is 56.1. The molecule has 94 heavy (non-hydrogen) atoms. The van der Waals surface area contributed by atoms with Crippen molar-refractivity contribution in [2.24, 2.45) is 0 Å². The lowest BCUT2D eigenvalue weighted by molar-refractivity contribution is 0.619. The number of hydrogen-bond donors (Lipinski definition) is 0. The molecule has 0 amide bonds. The Morgan fingerprint density at radius 3 is 0.894 bits per heavy atom. The average molecular weight is 1270 g/mol. The topological polar surface area (TPSA) is 61.9 Å². The van der Waals surface area contributed by atoms with Gasteiger partial charge in [0, 0.05) is 48.5 Å². The van der Waals surface area contributed by atoms with Gasteiger partial charge >= 0.3 is 0 Å². The minimum atomic E-state index is 0.618. The second kappa shape index (κ2) is 23.7. The third-order valence-corrected chi connectivity index (χ3v) is 18.6. The molecule has 0 aliphatic heterocycles. The molecule has 0 saturated heterocycles. The highest BCUT2D eigenvalue weighted by Gasteiger charge is 2.19. The molecular weight excluding hydrogens is 1210 g/mol. The van der Waals surface area contributed by atoms with E-state index >= 15 is 0 Å². The number of para-hydroxylation sites is 4. The zero-order valence-corrected chi connectivity index (χ0v) is 52.7. The van der Waals surface area contributed by atoms with Crippen molar-refractivity contribution in [2.75, 3.05) is 0 Å². The van der Waals surface area contributed by atoms with Crippen LogP contribution in [0.15, 0.2) is 341 Å². The summed E-state index contributed by atoms with van der Waals surface area (Å²) in [5, 5.41) is 5.07. The zero-order chi connectivity index (χ0) is 62.6. The number of aryl methyl sites for hydroxylation is 1. The molecule has 0 radical (unpaired) electrons. The molecule has 0 unspecified atom stereocenters. The van der Waals surface area contributed by atoms with Gasteiger partial charge in [0.05, 0.1) is 22.1 Å². The van der Waals surface area contributed by atoms with Gasteiger partial charge in [-0.05, 0) is 182 Å². The van der Waals surface area contributed by atoms with E-state index in [0.717, 1.165) is 65.9 Å². The van der Waals surface area contributed by atoms with Crippen molar-refractivity contribution in [1.29, 1.82) is 0 Å². The monoisotopic (exact) mass is 1270 g/mol. The van der Waals surface area contributed by atoms with E-state index in [4.69, 9.17) is 18.8 Å². The number of rotatable bonds is 10. The predicted octanol–water partition coefficient (Wildman–Crippen LogP) is 24.3. The predicted molar refractivity (Wildman–Crippen MR) is 393 cm³/mol. The van der Waals surface area contributed by atoms with Gasteiger partial charge in [-0.3, -0.25) is 0 Å². The normalized spacial score (nSPS) is 11.5. The third kappa shape index (κ3) is 10.2. The standard InChI is InChI=1S/C44H30N2O.C43H27BrN2O/c1-29-18-27-40-43(28-29)47-44(45-40)32-21-19-30(20-22-32)34-10-2-4-12-36(34)37-13-5-3-11-35(37)31-23-25-33(26-24-31)46-41-16-8-6-14-38(41)39-15-7-9-17-42(39)46;44-31-23-26-39-42(27-31)47-43(45-39)30-19-17-28(18-20-30)33-9-1-3-11-35(33)36-12-4-2-10-34(36)29-21-24-32(25-22-29)46-40-15-7-5-13-37(40)38-14-6-8-16-41(38)46/h2-28H,1H3;1-27H. The Balaban J connectivity index is 0.000000143. The van der Waals surface area contributed by atoms with Crippen molar-refractivity contribution >= 4 is 81.7 Å². The van der Waals surface area contributed by atoms with Crippen molar-refractivity contribution in [1.82, 2.24) is 19.1 Å². The summed E-state index contributed by atoms with van der Waals surface area (Å²) in [6, 6.07) is 116. The minimum Gasteiger partial charge on any atom is -0.436 e. The Morgan fingerprint density at radius 1 is 0.266 bits per heavy atom. The Kier molecular flexibility index (Phi) is 14.2. The molecule has 0 atom stereocenters. The van der Waals surface area contributed by atoms with Crippen molar-refractivity contribution < 1.29 is 8.83 Å². The highest BCUT2D eigenvalue weighted by Crippen LogP contribution is 2.43. The summed E-state index contributed by atoms with van der Waals surface area (Å²) >= 11 is 3.52. The first-order valence-corrected chi connectivity index (χ1v) is 32.4. The van der Waals surface area contributed by atoms with Gasteiger partial charge in [0.1, 0.15) is 11.0 Å². The average Bonchev–Trinajstić information content (AvgIpc) is 1.57. The molecule has 0 aliphatic rings. The van der Waals surface area contributed by atoms with Crippen LogP contribution in [0.4, 0.5) is 0 Å². The van der Waals surface area contributed by atoms with Crippen molar-refractivity contribution in [3.05, 3.63) is 338 Å². The summed E-state index contributed by atoms with van der Waals surface area (Å²) in [5.74, 6) is 1.26. The second-order valence-electron chi connectivity index (χ2n) is 23.8. The number of halogens is 1. The molecule has 0 fully saturated rings. The first-order valence-electron chi connectivity index (χ1n) is 31.6. The first-order chi connectivity index (χ1) is 46.4. The third-order valence-electron chi connectivity index (χ3n) is 18.1. The van der Waals surface area contributed by atoms with Crippen molar-refractivity contribution in [3.8, 4) is 101 Å². The summed E-state index contributed by atoms with van der Waals surface area (Å²) in [7, 11) is 0. The molecule has 18 aromatic rings. The number of fused-ring (bicyclic) bond motifs is 8. The number of aromatic nitrogens is 4. The quantitative estimate of drug-likeness (QED) is 0.137. The van der Waals surface area contributed by atoms with E-state index in [0.29, 0.717) is 11.8 Å². The van der Waals surface area contributed by atoms with Gasteiger partial charge in [-0.15, -0.1) is 0 Å². The second-order valence-corrected chi connectivity index (χ2v) is 24.7. The van der Waals surface area contributed by atoms with Gasteiger partial charge in [-0.25, -0.2) is 9.97 Å². The van der Waals surface area contributed by atoms with Crippen molar-refractivity contribution in [2.45, 2.75) is 6.92 Å². The Labute approximate surface area is 551 Å². The smallest absolute Gasteiger partial charge is 0.227 e. The lowest BCUT2D eigenvalue weighted by Gasteiger charge is -2.15. The summed E-state index contributed by atoms with van der Waals surface area (Å²) in [6.45, 7) is 2.06. The van der Waals surface area contributed by atoms with Crippen LogP contribution in [0.1, 0.15) is 5.56 Å². The van der Waals surface area contributed by atoms with E-state index in [9.17, 15) is 0 Å². The molecule has 0 spiro atoms. The van der Waals surface area contributed by atoms with Gasteiger partial charge in [0.2, 0.25) is 11.8 Å². The van der Waals surface area contributed by atoms with E-state index in [1.165, 1.54) is 99.2 Å². The molecule has 4 aromatic heterocycles. The molecule has 4 heterocycles. The van der Waals surface area contributed by atoms with Gasteiger partial charge in [0.15, 0.2) is 11.2 Å². The fourth-order valence-corrected chi connectivity index (χ4v) is 14.0. The lowest BCUT2D eigenvalue weighted by Crippen LogP contribution is -1.94. The van der Waals surface area contributed by atoms with Crippen LogP contribution in [-0.4, -0.2) is 19.1 Å². The molecule has 444 valence electrons. The van der Waals surface area contributed by atoms with E-state index in [-0.39, 0.29) is 0 Å². The van der Waals surface area contributed by atoms with Crippen LogP contribution in [0.5, 0.6) is 0 Å². The Bertz CT molecular complexity index is 5400. The lowest BCUT2D eigenvalue weighted by atomic mass is 9.89. The molecule has 18 rings (SSSR count). The van der Waals surface area contributed by atoms with Gasteiger partial charge < -0.3 is 18.0 Å². The molecular formula is C87H57BrN4O2. The zero-order valence-electron chi connectivity index (χ0n) is 51.2. The van der Waals surface area contributed by atoms with Gasteiger partial charge in [-0.1, -0.05) is 240 Å². The molecule has 0 saturated carbocycles. The van der Waals surface area contributed by atoms with E-state index < -0.39 is 0 Å². The van der Waals surface area contributed by atoms with Crippen LogP contribution in [-0.2, 0) is 0 Å². The SMILES string of the molecule is Brc1ccc2nc(-c3ccc(-c4ccccc4-c4ccccc4-c4ccc(-n5c6ccccc6c6ccccc65)cc4)cc3)oc2c1.Cc1ccc2nc(-c3ccc(-c4ccccc4-c4ccccc4-c4ccc(-n5c6ccccc6c6ccccc65)cc4)cc3)oc2c1.